The lowest BCUT2D eigenvalue weighted by atomic mass is 9.65. The zero-order valence-electron chi connectivity index (χ0n) is 21.3. The summed E-state index contributed by atoms with van der Waals surface area (Å²) in [4.78, 5) is 43.2. The minimum absolute atomic E-state index is 0.0327. The molecule has 0 amide bonds. The maximum absolute atomic E-state index is 13.2. The van der Waals surface area contributed by atoms with Crippen molar-refractivity contribution in [1.82, 2.24) is 0 Å². The zero-order chi connectivity index (χ0) is 26.0. The number of rotatable bonds is 9. The molecule has 0 bridgehead atoms. The number of aliphatic hydroxyl groups is 1. The highest BCUT2D eigenvalue weighted by Gasteiger charge is 2.43. The van der Waals surface area contributed by atoms with Gasteiger partial charge in [0, 0.05) is 18.5 Å². The number of carbonyl (C=O) groups excluding carboxylic acids is 2. The van der Waals surface area contributed by atoms with Crippen LogP contribution >= 0.6 is 7.60 Å². The standard InChI is InChI=1S/C26H41O8P/c1-16-12-18-7-6-17(2)21(9-8-20-14-19(27)15-23(28)33-20)24(18)22(13-16)34-25(29)26(3,4)10-5-11-35(30,31)32/h6-7,12,16-17,19-22,24,27H,5,8-11,13-15H2,1-4H3,(H2,30,31,32)/t16-,17-,19+,20-,21-,22-,24-/m1/s1. The van der Waals surface area contributed by atoms with Gasteiger partial charge < -0.3 is 24.4 Å². The number of aliphatic hydroxyl groups excluding tert-OH is 1. The Morgan fingerprint density at radius 3 is 2.60 bits per heavy atom. The summed E-state index contributed by atoms with van der Waals surface area (Å²) in [6.07, 6.45) is 8.32. The summed E-state index contributed by atoms with van der Waals surface area (Å²) in [6.45, 7) is 7.80. The van der Waals surface area contributed by atoms with Gasteiger partial charge in [0.05, 0.1) is 17.9 Å². The molecule has 2 aliphatic carbocycles. The smallest absolute Gasteiger partial charge is 0.325 e. The van der Waals surface area contributed by atoms with E-state index in [2.05, 4.69) is 32.1 Å². The van der Waals surface area contributed by atoms with Crippen LogP contribution in [0.2, 0.25) is 0 Å². The van der Waals surface area contributed by atoms with Gasteiger partial charge in [0.2, 0.25) is 0 Å². The van der Waals surface area contributed by atoms with E-state index >= 15 is 0 Å². The van der Waals surface area contributed by atoms with Crippen LogP contribution in [0.1, 0.15) is 72.6 Å². The highest BCUT2D eigenvalue weighted by atomic mass is 31.2. The van der Waals surface area contributed by atoms with Gasteiger partial charge in [-0.2, -0.15) is 0 Å². The van der Waals surface area contributed by atoms with E-state index in [1.807, 2.05) is 0 Å². The molecule has 0 unspecified atom stereocenters. The first-order chi connectivity index (χ1) is 16.2. The number of cyclic esters (lactones) is 1. The van der Waals surface area contributed by atoms with Crippen LogP contribution in [0.3, 0.4) is 0 Å². The molecule has 3 N–H and O–H groups in total. The molecule has 1 heterocycles. The normalized spacial score (nSPS) is 33.5. The Labute approximate surface area is 208 Å². The topological polar surface area (TPSA) is 130 Å². The molecule has 0 radical (unpaired) electrons. The quantitative estimate of drug-likeness (QED) is 0.311. The summed E-state index contributed by atoms with van der Waals surface area (Å²) < 4.78 is 22.8. The van der Waals surface area contributed by atoms with E-state index in [-0.39, 0.29) is 66.8 Å². The highest BCUT2D eigenvalue weighted by molar-refractivity contribution is 7.51. The van der Waals surface area contributed by atoms with Gasteiger partial charge >= 0.3 is 19.5 Å². The number of hydrogen-bond acceptors (Lipinski definition) is 6. The molecule has 0 aromatic carbocycles. The van der Waals surface area contributed by atoms with E-state index in [1.165, 1.54) is 5.57 Å². The Balaban J connectivity index is 1.70. The molecule has 198 valence electrons. The summed E-state index contributed by atoms with van der Waals surface area (Å²) in [7, 11) is -4.10. The van der Waals surface area contributed by atoms with Crippen molar-refractivity contribution in [3.8, 4) is 0 Å². The lowest BCUT2D eigenvalue weighted by Gasteiger charge is -2.44. The minimum Gasteiger partial charge on any atom is -0.462 e. The molecule has 0 aromatic rings. The van der Waals surface area contributed by atoms with E-state index in [1.54, 1.807) is 13.8 Å². The zero-order valence-corrected chi connectivity index (χ0v) is 22.2. The van der Waals surface area contributed by atoms with E-state index in [4.69, 9.17) is 19.3 Å². The van der Waals surface area contributed by atoms with Crippen LogP contribution in [0, 0.1) is 29.1 Å². The second-order valence-corrected chi connectivity index (χ2v) is 13.2. The third kappa shape index (κ3) is 7.75. The molecular formula is C26H41O8P. The number of allylic oxidation sites excluding steroid dienone is 3. The predicted octanol–water partition coefficient (Wildman–Crippen LogP) is 4.13. The monoisotopic (exact) mass is 512 g/mol. The minimum atomic E-state index is -4.10. The Morgan fingerprint density at radius 2 is 1.94 bits per heavy atom. The van der Waals surface area contributed by atoms with Crippen LogP contribution in [0.4, 0.5) is 0 Å². The van der Waals surface area contributed by atoms with E-state index in [0.717, 1.165) is 6.42 Å². The molecule has 9 heteroatoms. The van der Waals surface area contributed by atoms with Crippen LogP contribution in [-0.4, -0.2) is 51.3 Å². The molecule has 1 fully saturated rings. The van der Waals surface area contributed by atoms with Crippen molar-refractivity contribution in [2.24, 2.45) is 29.1 Å². The van der Waals surface area contributed by atoms with Crippen molar-refractivity contribution in [2.75, 3.05) is 6.16 Å². The number of carbonyl (C=O) groups is 2. The van der Waals surface area contributed by atoms with Gasteiger partial charge in [0.1, 0.15) is 12.2 Å². The van der Waals surface area contributed by atoms with Gasteiger partial charge in [-0.15, -0.1) is 0 Å². The molecule has 7 atom stereocenters. The van der Waals surface area contributed by atoms with Crippen LogP contribution < -0.4 is 0 Å². The van der Waals surface area contributed by atoms with Crippen molar-refractivity contribution < 1.29 is 38.5 Å². The average Bonchev–Trinajstić information content (AvgIpc) is 2.71. The lowest BCUT2D eigenvalue weighted by molar-refractivity contribution is -0.166. The molecular weight excluding hydrogens is 471 g/mol. The summed E-state index contributed by atoms with van der Waals surface area (Å²) in [5, 5.41) is 9.96. The maximum Gasteiger partial charge on any atom is 0.325 e. The lowest BCUT2D eigenvalue weighted by Crippen LogP contribution is -2.43. The molecule has 35 heavy (non-hydrogen) atoms. The second-order valence-electron chi connectivity index (χ2n) is 11.4. The largest absolute Gasteiger partial charge is 0.462 e. The maximum atomic E-state index is 13.2. The van der Waals surface area contributed by atoms with Gasteiger partial charge in [-0.25, -0.2) is 0 Å². The second kappa shape index (κ2) is 11.3. The summed E-state index contributed by atoms with van der Waals surface area (Å²) in [6, 6.07) is 0. The highest BCUT2D eigenvalue weighted by Crippen LogP contribution is 2.46. The van der Waals surface area contributed by atoms with Crippen molar-refractivity contribution >= 4 is 19.5 Å². The van der Waals surface area contributed by atoms with Crippen LogP contribution in [0.25, 0.3) is 0 Å². The van der Waals surface area contributed by atoms with E-state index in [0.29, 0.717) is 25.7 Å². The molecule has 8 nitrogen and oxygen atoms in total. The summed E-state index contributed by atoms with van der Waals surface area (Å²) in [5.41, 5.74) is 0.322. The van der Waals surface area contributed by atoms with Gasteiger partial charge in [0.15, 0.2) is 0 Å². The predicted molar refractivity (Wildman–Crippen MR) is 131 cm³/mol. The molecule has 3 aliphatic rings. The Hall–Kier alpha value is -1.47. The molecule has 0 aromatic heterocycles. The fraction of sp³-hybridized carbons (Fsp3) is 0.769. The Morgan fingerprint density at radius 1 is 1.23 bits per heavy atom. The van der Waals surface area contributed by atoms with Gasteiger partial charge in [-0.3, -0.25) is 14.2 Å². The first-order valence-electron chi connectivity index (χ1n) is 12.8. The fourth-order valence-electron chi connectivity index (χ4n) is 5.76. The van der Waals surface area contributed by atoms with Crippen molar-refractivity contribution in [3.05, 3.63) is 23.8 Å². The molecule has 1 saturated heterocycles. The third-order valence-corrected chi connectivity index (χ3v) is 8.61. The van der Waals surface area contributed by atoms with E-state index in [9.17, 15) is 19.3 Å². The Bertz CT molecular complexity index is 888. The van der Waals surface area contributed by atoms with Crippen LogP contribution in [0.15, 0.2) is 23.8 Å². The number of hydrogen-bond donors (Lipinski definition) is 3. The van der Waals surface area contributed by atoms with Gasteiger partial charge in [-0.05, 0) is 69.3 Å². The van der Waals surface area contributed by atoms with Crippen molar-refractivity contribution in [1.29, 1.82) is 0 Å². The SMILES string of the molecule is C[C@@H]1C=C2C=C[C@@H](C)[C@@H](CC[C@@H]3C[C@H](O)CC(=O)O3)[C@@H]2[C@H](OC(=O)C(C)(C)CCCP(=O)(O)O)C1. The Kier molecular flexibility index (Phi) is 9.06. The number of fused-ring (bicyclic) bond motifs is 1. The number of ether oxygens (including phenoxy) is 2. The first kappa shape index (κ1) is 28.1. The molecule has 3 rings (SSSR count). The van der Waals surface area contributed by atoms with Gasteiger partial charge in [0.25, 0.3) is 0 Å². The van der Waals surface area contributed by atoms with Crippen molar-refractivity contribution in [2.45, 2.75) is 91.0 Å². The molecule has 1 aliphatic heterocycles. The number of esters is 2. The van der Waals surface area contributed by atoms with E-state index < -0.39 is 19.1 Å². The van der Waals surface area contributed by atoms with Crippen LogP contribution in [0.5, 0.6) is 0 Å². The summed E-state index contributed by atoms with van der Waals surface area (Å²) in [5.74, 6) is 0.0479. The summed E-state index contributed by atoms with van der Waals surface area (Å²) >= 11 is 0. The molecule has 0 spiro atoms. The molecule has 0 saturated carbocycles. The average molecular weight is 513 g/mol. The first-order valence-corrected chi connectivity index (χ1v) is 14.6. The van der Waals surface area contributed by atoms with Gasteiger partial charge in [-0.1, -0.05) is 32.1 Å². The third-order valence-electron chi connectivity index (χ3n) is 7.71. The van der Waals surface area contributed by atoms with Crippen LogP contribution in [-0.2, 0) is 23.6 Å². The fourth-order valence-corrected chi connectivity index (χ4v) is 6.33. The van der Waals surface area contributed by atoms with Crippen molar-refractivity contribution in [3.63, 3.8) is 0 Å².